The standard InChI is InChI=1S/C19H22FN3O5/c1-11(2)16(21-18(25)15-5-4-10-27-15)19(26)23-22-17(24)12(3)28-14-8-6-13(20)7-9-14/h4-12,16H,1-3H3,(H,21,25)(H,22,24)(H,23,26)/t12-,16+/m1/s1. The van der Waals surface area contributed by atoms with Crippen LogP contribution in [0.25, 0.3) is 0 Å². The summed E-state index contributed by atoms with van der Waals surface area (Å²) in [6.45, 7) is 4.97. The van der Waals surface area contributed by atoms with Crippen molar-refractivity contribution in [2.24, 2.45) is 5.92 Å². The fraction of sp³-hybridized carbons (Fsp3) is 0.316. The topological polar surface area (TPSA) is 110 Å². The van der Waals surface area contributed by atoms with Crippen molar-refractivity contribution in [1.29, 1.82) is 0 Å². The Balaban J connectivity index is 1.87. The predicted molar refractivity (Wildman–Crippen MR) is 97.6 cm³/mol. The van der Waals surface area contributed by atoms with Gasteiger partial charge < -0.3 is 14.5 Å². The van der Waals surface area contributed by atoms with Crippen LogP contribution in [0.1, 0.15) is 31.3 Å². The highest BCUT2D eigenvalue weighted by Gasteiger charge is 2.26. The Hall–Kier alpha value is -3.36. The minimum atomic E-state index is -0.944. The van der Waals surface area contributed by atoms with Gasteiger partial charge in [-0.1, -0.05) is 13.8 Å². The maximum atomic E-state index is 12.9. The van der Waals surface area contributed by atoms with Crippen molar-refractivity contribution in [3.63, 3.8) is 0 Å². The first kappa shape index (κ1) is 20.9. The molecule has 0 saturated carbocycles. The number of halogens is 1. The van der Waals surface area contributed by atoms with E-state index in [0.29, 0.717) is 5.75 Å². The van der Waals surface area contributed by atoms with Crippen molar-refractivity contribution in [3.8, 4) is 5.75 Å². The molecule has 0 aliphatic rings. The Morgan fingerprint density at radius 1 is 1.00 bits per heavy atom. The molecule has 0 saturated heterocycles. The van der Waals surface area contributed by atoms with Crippen LogP contribution in [0.3, 0.4) is 0 Å². The minimum absolute atomic E-state index is 0.0730. The molecular weight excluding hydrogens is 369 g/mol. The molecule has 0 radical (unpaired) electrons. The summed E-state index contributed by atoms with van der Waals surface area (Å²) in [7, 11) is 0. The second kappa shape index (κ2) is 9.54. The van der Waals surface area contributed by atoms with Gasteiger partial charge in [0.05, 0.1) is 6.26 Å². The summed E-state index contributed by atoms with van der Waals surface area (Å²) in [6, 6.07) is 7.31. The maximum absolute atomic E-state index is 12.9. The summed E-state index contributed by atoms with van der Waals surface area (Å²) in [4.78, 5) is 36.5. The highest BCUT2D eigenvalue weighted by molar-refractivity contribution is 5.96. The lowest BCUT2D eigenvalue weighted by Gasteiger charge is -2.22. The molecule has 0 aliphatic heterocycles. The van der Waals surface area contributed by atoms with Gasteiger partial charge in [-0.05, 0) is 49.2 Å². The SMILES string of the molecule is CC(C)[C@H](NC(=O)c1ccco1)C(=O)NNC(=O)[C@@H](C)Oc1ccc(F)cc1. The molecular formula is C19H22FN3O5. The molecule has 1 aromatic carbocycles. The summed E-state index contributed by atoms with van der Waals surface area (Å²) in [5, 5.41) is 2.55. The number of hydrogen-bond donors (Lipinski definition) is 3. The fourth-order valence-corrected chi connectivity index (χ4v) is 2.23. The van der Waals surface area contributed by atoms with E-state index in [4.69, 9.17) is 9.15 Å². The van der Waals surface area contributed by atoms with Crippen LogP contribution >= 0.6 is 0 Å². The first-order chi connectivity index (χ1) is 13.3. The molecule has 1 aromatic heterocycles. The van der Waals surface area contributed by atoms with Crippen LogP contribution in [0.15, 0.2) is 47.1 Å². The van der Waals surface area contributed by atoms with Crippen LogP contribution in [0.2, 0.25) is 0 Å². The minimum Gasteiger partial charge on any atom is -0.481 e. The van der Waals surface area contributed by atoms with E-state index in [-0.39, 0.29) is 11.7 Å². The smallest absolute Gasteiger partial charge is 0.287 e. The average molecular weight is 391 g/mol. The molecule has 8 nitrogen and oxygen atoms in total. The van der Waals surface area contributed by atoms with Crippen molar-refractivity contribution >= 4 is 17.7 Å². The van der Waals surface area contributed by atoms with Crippen LogP contribution in [0.4, 0.5) is 4.39 Å². The Kier molecular flexibility index (Phi) is 7.14. The molecule has 0 bridgehead atoms. The third-order valence-electron chi connectivity index (χ3n) is 3.79. The first-order valence-electron chi connectivity index (χ1n) is 8.64. The molecule has 150 valence electrons. The van der Waals surface area contributed by atoms with Gasteiger partial charge in [-0.25, -0.2) is 4.39 Å². The molecule has 9 heteroatoms. The number of ether oxygens (including phenoxy) is 1. The van der Waals surface area contributed by atoms with E-state index in [0.717, 1.165) is 0 Å². The van der Waals surface area contributed by atoms with Crippen LogP contribution in [-0.2, 0) is 9.59 Å². The molecule has 2 rings (SSSR count). The Labute approximate surface area is 161 Å². The van der Waals surface area contributed by atoms with E-state index < -0.39 is 35.7 Å². The van der Waals surface area contributed by atoms with Crippen molar-refractivity contribution < 1.29 is 27.9 Å². The molecule has 1 heterocycles. The molecule has 0 unspecified atom stereocenters. The van der Waals surface area contributed by atoms with E-state index in [1.54, 1.807) is 19.9 Å². The number of furan rings is 1. The number of amides is 3. The van der Waals surface area contributed by atoms with Gasteiger partial charge >= 0.3 is 0 Å². The van der Waals surface area contributed by atoms with Crippen molar-refractivity contribution in [2.75, 3.05) is 0 Å². The Morgan fingerprint density at radius 3 is 2.21 bits per heavy atom. The quantitative estimate of drug-likeness (QED) is 0.624. The molecule has 3 N–H and O–H groups in total. The van der Waals surface area contributed by atoms with Crippen molar-refractivity contribution in [1.82, 2.24) is 16.2 Å². The monoisotopic (exact) mass is 391 g/mol. The van der Waals surface area contributed by atoms with Gasteiger partial charge in [0.25, 0.3) is 17.7 Å². The molecule has 2 aromatic rings. The van der Waals surface area contributed by atoms with Gasteiger partial charge in [0.15, 0.2) is 11.9 Å². The third kappa shape index (κ3) is 5.83. The summed E-state index contributed by atoms with van der Waals surface area (Å²) >= 11 is 0. The second-order valence-corrected chi connectivity index (χ2v) is 6.36. The summed E-state index contributed by atoms with van der Waals surface area (Å²) in [6.07, 6.45) is 0.406. The summed E-state index contributed by atoms with van der Waals surface area (Å²) in [5.41, 5.74) is 4.51. The van der Waals surface area contributed by atoms with E-state index in [9.17, 15) is 18.8 Å². The van der Waals surface area contributed by atoms with Gasteiger partial charge in [-0.3, -0.25) is 25.2 Å². The number of nitrogens with one attached hydrogen (secondary N) is 3. The first-order valence-corrected chi connectivity index (χ1v) is 8.64. The van der Waals surface area contributed by atoms with Crippen LogP contribution in [-0.4, -0.2) is 29.9 Å². The van der Waals surface area contributed by atoms with Gasteiger partial charge in [0.1, 0.15) is 17.6 Å². The molecule has 28 heavy (non-hydrogen) atoms. The normalized spacial score (nSPS) is 12.8. The molecule has 0 aliphatic carbocycles. The largest absolute Gasteiger partial charge is 0.481 e. The lowest BCUT2D eigenvalue weighted by molar-refractivity contribution is -0.133. The molecule has 0 fully saturated rings. The van der Waals surface area contributed by atoms with E-state index >= 15 is 0 Å². The number of benzene rings is 1. The zero-order chi connectivity index (χ0) is 20.7. The van der Waals surface area contributed by atoms with Crippen molar-refractivity contribution in [2.45, 2.75) is 32.9 Å². The van der Waals surface area contributed by atoms with E-state index in [2.05, 4.69) is 16.2 Å². The maximum Gasteiger partial charge on any atom is 0.287 e. The highest BCUT2D eigenvalue weighted by atomic mass is 19.1. The third-order valence-corrected chi connectivity index (χ3v) is 3.79. The summed E-state index contributed by atoms with van der Waals surface area (Å²) < 4.78 is 23.3. The number of carbonyl (C=O) groups is 3. The molecule has 2 atom stereocenters. The van der Waals surface area contributed by atoms with Gasteiger partial charge in [-0.15, -0.1) is 0 Å². The summed E-state index contributed by atoms with van der Waals surface area (Å²) in [5.74, 6) is -2.05. The number of hydrazine groups is 1. The zero-order valence-corrected chi connectivity index (χ0v) is 15.7. The number of carbonyl (C=O) groups excluding carboxylic acids is 3. The fourth-order valence-electron chi connectivity index (χ4n) is 2.23. The van der Waals surface area contributed by atoms with E-state index in [1.807, 2.05) is 0 Å². The van der Waals surface area contributed by atoms with Crippen LogP contribution < -0.4 is 20.9 Å². The lowest BCUT2D eigenvalue weighted by Crippen LogP contribution is -2.55. The van der Waals surface area contributed by atoms with Gasteiger partial charge in [0, 0.05) is 0 Å². The van der Waals surface area contributed by atoms with Crippen molar-refractivity contribution in [3.05, 3.63) is 54.2 Å². The highest BCUT2D eigenvalue weighted by Crippen LogP contribution is 2.13. The Bertz CT molecular complexity index is 805. The Morgan fingerprint density at radius 2 is 1.64 bits per heavy atom. The van der Waals surface area contributed by atoms with Gasteiger partial charge in [-0.2, -0.15) is 0 Å². The van der Waals surface area contributed by atoms with Crippen LogP contribution in [0, 0.1) is 11.7 Å². The van der Waals surface area contributed by atoms with Crippen LogP contribution in [0.5, 0.6) is 5.75 Å². The second-order valence-electron chi connectivity index (χ2n) is 6.36. The molecule has 0 spiro atoms. The number of rotatable bonds is 7. The van der Waals surface area contributed by atoms with Gasteiger partial charge in [0.2, 0.25) is 0 Å². The molecule has 3 amide bonds. The predicted octanol–water partition coefficient (Wildman–Crippen LogP) is 1.79. The zero-order valence-electron chi connectivity index (χ0n) is 15.7. The lowest BCUT2D eigenvalue weighted by atomic mass is 10.0. The number of hydrogen-bond acceptors (Lipinski definition) is 5. The van der Waals surface area contributed by atoms with E-state index in [1.165, 1.54) is 43.5 Å². The average Bonchev–Trinajstić information content (AvgIpc) is 3.20.